The van der Waals surface area contributed by atoms with Crippen LogP contribution >= 0.6 is 15.9 Å². The van der Waals surface area contributed by atoms with Gasteiger partial charge < -0.3 is 4.98 Å². The molecule has 1 aromatic heterocycles. The predicted octanol–water partition coefficient (Wildman–Crippen LogP) is 4.45. The number of H-pyrrole nitrogens is 1. The van der Waals surface area contributed by atoms with Crippen molar-refractivity contribution in [1.29, 1.82) is 0 Å². The number of halogens is 1. The number of hydrogen-bond acceptors (Lipinski definition) is 1. The second-order valence-electron chi connectivity index (χ2n) is 5.42. The highest BCUT2D eigenvalue weighted by Crippen LogP contribution is 2.28. The summed E-state index contributed by atoms with van der Waals surface area (Å²) in [5.74, 6) is 0. The lowest BCUT2D eigenvalue weighted by molar-refractivity contribution is 0.276. The molecule has 0 fully saturated rings. The Morgan fingerprint density at radius 1 is 1.05 bits per heavy atom. The number of fused-ring (bicyclic) bond motifs is 2. The fraction of sp³-hybridized carbons (Fsp3) is 0.176. The summed E-state index contributed by atoms with van der Waals surface area (Å²) in [4.78, 5) is 5.85. The maximum atomic E-state index is 3.55. The Morgan fingerprint density at radius 2 is 1.90 bits per heavy atom. The van der Waals surface area contributed by atoms with E-state index in [0.29, 0.717) is 0 Å². The zero-order chi connectivity index (χ0) is 13.5. The Morgan fingerprint density at radius 3 is 2.85 bits per heavy atom. The summed E-state index contributed by atoms with van der Waals surface area (Å²) in [6.45, 7) is 3.08. The van der Waals surface area contributed by atoms with E-state index in [1.807, 2.05) is 0 Å². The van der Waals surface area contributed by atoms with E-state index in [0.717, 1.165) is 19.6 Å². The van der Waals surface area contributed by atoms with Crippen LogP contribution in [0, 0.1) is 0 Å². The van der Waals surface area contributed by atoms with E-state index < -0.39 is 0 Å². The van der Waals surface area contributed by atoms with Crippen molar-refractivity contribution in [1.82, 2.24) is 9.88 Å². The fourth-order valence-corrected chi connectivity index (χ4v) is 3.46. The molecule has 3 aromatic rings. The van der Waals surface area contributed by atoms with Gasteiger partial charge >= 0.3 is 0 Å². The molecule has 0 spiro atoms. The van der Waals surface area contributed by atoms with Gasteiger partial charge in [0, 0.05) is 41.2 Å². The van der Waals surface area contributed by atoms with Crippen LogP contribution in [0.25, 0.3) is 10.9 Å². The van der Waals surface area contributed by atoms with Gasteiger partial charge in [-0.15, -0.1) is 0 Å². The molecular weight excluding hydrogens is 312 g/mol. The van der Waals surface area contributed by atoms with Crippen molar-refractivity contribution in [2.24, 2.45) is 0 Å². The second-order valence-corrected chi connectivity index (χ2v) is 6.33. The minimum Gasteiger partial charge on any atom is -0.361 e. The summed E-state index contributed by atoms with van der Waals surface area (Å²) in [7, 11) is 0. The highest BCUT2D eigenvalue weighted by Gasteiger charge is 2.19. The number of nitrogens with one attached hydrogen (secondary N) is 1. The number of hydrogen-bond donors (Lipinski definition) is 1. The van der Waals surface area contributed by atoms with Gasteiger partial charge in [-0.2, -0.15) is 0 Å². The predicted molar refractivity (Wildman–Crippen MR) is 85.4 cm³/mol. The van der Waals surface area contributed by atoms with Crippen LogP contribution in [-0.2, 0) is 19.6 Å². The number of nitrogens with zero attached hydrogens (tertiary/aromatic N) is 1. The van der Waals surface area contributed by atoms with Gasteiger partial charge in [-0.25, -0.2) is 0 Å². The van der Waals surface area contributed by atoms with Gasteiger partial charge in [-0.05, 0) is 34.9 Å². The Balaban J connectivity index is 1.59. The standard InChI is InChI=1S/C17H15BrN2/c18-15-6-5-12-9-20(10-13(12)7-15)11-14-8-19-17-4-2-1-3-16(14)17/h1-8,19H,9-11H2. The van der Waals surface area contributed by atoms with Crippen molar-refractivity contribution in [2.45, 2.75) is 19.6 Å². The number of aromatic amines is 1. The first-order valence-corrected chi connectivity index (χ1v) is 7.63. The molecule has 20 heavy (non-hydrogen) atoms. The molecule has 2 heterocycles. The van der Waals surface area contributed by atoms with E-state index in [4.69, 9.17) is 0 Å². The van der Waals surface area contributed by atoms with Crippen molar-refractivity contribution in [3.8, 4) is 0 Å². The highest BCUT2D eigenvalue weighted by atomic mass is 79.9. The number of para-hydroxylation sites is 1. The third-order valence-electron chi connectivity index (χ3n) is 4.03. The van der Waals surface area contributed by atoms with E-state index in [1.165, 1.54) is 32.1 Å². The fourth-order valence-electron chi connectivity index (χ4n) is 3.05. The molecule has 1 aliphatic heterocycles. The summed E-state index contributed by atoms with van der Waals surface area (Å²) < 4.78 is 1.17. The van der Waals surface area contributed by atoms with Crippen LogP contribution in [-0.4, -0.2) is 9.88 Å². The summed E-state index contributed by atoms with van der Waals surface area (Å²) in [6, 6.07) is 15.1. The van der Waals surface area contributed by atoms with Gasteiger partial charge in [0.05, 0.1) is 0 Å². The Labute approximate surface area is 126 Å². The molecular formula is C17H15BrN2. The van der Waals surface area contributed by atoms with Gasteiger partial charge in [0.15, 0.2) is 0 Å². The van der Waals surface area contributed by atoms with E-state index in [9.17, 15) is 0 Å². The zero-order valence-electron chi connectivity index (χ0n) is 11.1. The maximum Gasteiger partial charge on any atom is 0.0457 e. The number of rotatable bonds is 2. The van der Waals surface area contributed by atoms with Crippen molar-refractivity contribution >= 4 is 26.8 Å². The molecule has 0 saturated carbocycles. The zero-order valence-corrected chi connectivity index (χ0v) is 12.7. The molecule has 4 rings (SSSR count). The Hall–Kier alpha value is -1.58. The van der Waals surface area contributed by atoms with Crippen LogP contribution in [0.4, 0.5) is 0 Å². The molecule has 1 aliphatic rings. The molecule has 0 atom stereocenters. The normalized spacial score (nSPS) is 14.8. The van der Waals surface area contributed by atoms with E-state index in [2.05, 4.69) is 74.5 Å². The van der Waals surface area contributed by atoms with Gasteiger partial charge in [-0.1, -0.05) is 40.2 Å². The van der Waals surface area contributed by atoms with Gasteiger partial charge in [0.1, 0.15) is 0 Å². The lowest BCUT2D eigenvalue weighted by Crippen LogP contribution is -2.15. The van der Waals surface area contributed by atoms with Crippen molar-refractivity contribution in [3.05, 3.63) is 69.8 Å². The van der Waals surface area contributed by atoms with Crippen molar-refractivity contribution in [2.75, 3.05) is 0 Å². The molecule has 3 heteroatoms. The van der Waals surface area contributed by atoms with Crippen LogP contribution in [0.3, 0.4) is 0 Å². The first-order chi connectivity index (χ1) is 9.79. The molecule has 2 aromatic carbocycles. The minimum atomic E-state index is 0.996. The quantitative estimate of drug-likeness (QED) is 0.737. The van der Waals surface area contributed by atoms with Crippen LogP contribution in [0.1, 0.15) is 16.7 Å². The van der Waals surface area contributed by atoms with Crippen LogP contribution in [0.15, 0.2) is 53.1 Å². The van der Waals surface area contributed by atoms with Crippen LogP contribution in [0.5, 0.6) is 0 Å². The van der Waals surface area contributed by atoms with E-state index >= 15 is 0 Å². The van der Waals surface area contributed by atoms with E-state index in [-0.39, 0.29) is 0 Å². The average Bonchev–Trinajstić information content (AvgIpc) is 3.03. The van der Waals surface area contributed by atoms with Gasteiger partial charge in [0.2, 0.25) is 0 Å². The molecule has 0 radical (unpaired) electrons. The molecule has 0 bridgehead atoms. The third kappa shape index (κ3) is 2.07. The van der Waals surface area contributed by atoms with Gasteiger partial charge in [0.25, 0.3) is 0 Å². The molecule has 0 unspecified atom stereocenters. The lowest BCUT2D eigenvalue weighted by Gasteiger charge is -2.13. The van der Waals surface area contributed by atoms with E-state index in [1.54, 1.807) is 0 Å². The lowest BCUT2D eigenvalue weighted by atomic mass is 10.1. The maximum absolute atomic E-state index is 3.55. The van der Waals surface area contributed by atoms with Crippen LogP contribution < -0.4 is 0 Å². The molecule has 100 valence electrons. The van der Waals surface area contributed by atoms with Crippen LogP contribution in [0.2, 0.25) is 0 Å². The smallest absolute Gasteiger partial charge is 0.0457 e. The summed E-state index contributed by atoms with van der Waals surface area (Å²) >= 11 is 3.55. The summed E-state index contributed by atoms with van der Waals surface area (Å²) in [5.41, 5.74) is 5.50. The largest absolute Gasteiger partial charge is 0.361 e. The molecule has 0 saturated heterocycles. The SMILES string of the molecule is Brc1ccc2c(c1)CN(Cc1c[nH]c3ccccc13)C2. The molecule has 0 aliphatic carbocycles. The molecule has 1 N–H and O–H groups in total. The highest BCUT2D eigenvalue weighted by molar-refractivity contribution is 9.10. The topological polar surface area (TPSA) is 19.0 Å². The average molecular weight is 327 g/mol. The first-order valence-electron chi connectivity index (χ1n) is 6.84. The van der Waals surface area contributed by atoms with Crippen molar-refractivity contribution in [3.63, 3.8) is 0 Å². The first kappa shape index (κ1) is 12.2. The second kappa shape index (κ2) is 4.76. The minimum absolute atomic E-state index is 0.996. The molecule has 0 amide bonds. The third-order valence-corrected chi connectivity index (χ3v) is 4.52. The Bertz CT molecular complexity index is 776. The van der Waals surface area contributed by atoms with Gasteiger partial charge in [-0.3, -0.25) is 4.90 Å². The summed E-state index contributed by atoms with van der Waals surface area (Å²) in [5, 5.41) is 1.34. The number of benzene rings is 2. The van der Waals surface area contributed by atoms with Crippen molar-refractivity contribution < 1.29 is 0 Å². The number of aromatic nitrogens is 1. The molecule has 2 nitrogen and oxygen atoms in total. The Kier molecular flexibility index (Phi) is 2.90. The summed E-state index contributed by atoms with van der Waals surface area (Å²) in [6.07, 6.45) is 2.14. The monoisotopic (exact) mass is 326 g/mol.